The molecule has 1 aliphatic heterocycles. The summed E-state index contributed by atoms with van der Waals surface area (Å²) in [5.41, 5.74) is -1.21. The van der Waals surface area contributed by atoms with E-state index in [1.807, 2.05) is 0 Å². The normalized spacial score (nSPS) is 26.4. The van der Waals surface area contributed by atoms with Gasteiger partial charge in [0.05, 0.1) is 31.9 Å². The molecule has 1 fully saturated rings. The van der Waals surface area contributed by atoms with Gasteiger partial charge in [-0.2, -0.15) is 13.2 Å². The molecule has 0 amide bonds. The van der Waals surface area contributed by atoms with Crippen LogP contribution in [0.3, 0.4) is 0 Å². The van der Waals surface area contributed by atoms with Gasteiger partial charge in [-0.05, 0) is 6.42 Å². The summed E-state index contributed by atoms with van der Waals surface area (Å²) in [5, 5.41) is 20.8. The smallest absolute Gasteiger partial charge is 0.394 e. The van der Waals surface area contributed by atoms with Crippen LogP contribution in [-0.2, 0) is 10.9 Å². The molecule has 0 aromatic carbocycles. The van der Waals surface area contributed by atoms with E-state index in [1.54, 1.807) is 0 Å². The third-order valence-corrected chi connectivity index (χ3v) is 3.83. The molecular formula is C11H12F3N3O3S. The number of halogens is 3. The molecular weight excluding hydrogens is 311 g/mol. The largest absolute Gasteiger partial charge is 0.424 e. The minimum atomic E-state index is -4.68. The molecule has 0 unspecified atom stereocenters. The number of thiazole rings is 1. The summed E-state index contributed by atoms with van der Waals surface area (Å²) in [6.45, 7) is 6.55. The predicted octanol–water partition coefficient (Wildman–Crippen LogP) is 1.64. The molecule has 116 valence electrons. The molecule has 0 bridgehead atoms. The van der Waals surface area contributed by atoms with Crippen molar-refractivity contribution in [3.8, 4) is 0 Å². The molecule has 10 heteroatoms. The van der Waals surface area contributed by atoms with E-state index in [-0.39, 0.29) is 24.8 Å². The highest BCUT2D eigenvalue weighted by Gasteiger charge is 2.38. The Hall–Kier alpha value is -1.41. The highest BCUT2D eigenvalue weighted by Crippen LogP contribution is 2.41. The van der Waals surface area contributed by atoms with Crippen molar-refractivity contribution < 1.29 is 28.1 Å². The molecule has 21 heavy (non-hydrogen) atoms. The van der Waals surface area contributed by atoms with Gasteiger partial charge in [0.1, 0.15) is 6.10 Å². The van der Waals surface area contributed by atoms with Gasteiger partial charge in [0, 0.05) is 0 Å². The summed E-state index contributed by atoms with van der Waals surface area (Å²) in [6.07, 6.45) is -6.08. The molecule has 1 aliphatic rings. The van der Waals surface area contributed by atoms with Gasteiger partial charge in [-0.15, -0.1) is 11.3 Å². The van der Waals surface area contributed by atoms with Gasteiger partial charge in [-0.25, -0.2) is 9.83 Å². The fourth-order valence-electron chi connectivity index (χ4n) is 1.95. The molecule has 2 heterocycles. The summed E-state index contributed by atoms with van der Waals surface area (Å²) < 4.78 is 43.2. The molecule has 1 aromatic rings. The van der Waals surface area contributed by atoms with Crippen molar-refractivity contribution in [2.24, 2.45) is 0 Å². The third-order valence-electron chi connectivity index (χ3n) is 2.95. The van der Waals surface area contributed by atoms with E-state index in [0.29, 0.717) is 11.3 Å². The van der Waals surface area contributed by atoms with Crippen LogP contribution in [0.4, 0.5) is 23.3 Å². The molecule has 1 saturated heterocycles. The molecule has 3 N–H and O–H groups in total. The fourth-order valence-corrected chi connectivity index (χ4v) is 2.80. The second-order valence-electron chi connectivity index (χ2n) is 4.48. The second-order valence-corrected chi connectivity index (χ2v) is 5.46. The molecule has 0 saturated carbocycles. The zero-order chi connectivity index (χ0) is 15.6. The lowest BCUT2D eigenvalue weighted by atomic mass is 10.0. The number of aliphatic hydroxyl groups is 2. The van der Waals surface area contributed by atoms with Crippen LogP contribution >= 0.6 is 11.3 Å². The Labute approximate surface area is 122 Å². The Balaban J connectivity index is 2.08. The van der Waals surface area contributed by atoms with Crippen LogP contribution in [0.15, 0.2) is 0 Å². The van der Waals surface area contributed by atoms with E-state index < -0.39 is 35.1 Å². The van der Waals surface area contributed by atoms with E-state index in [9.17, 15) is 18.3 Å². The monoisotopic (exact) mass is 323 g/mol. The maximum atomic E-state index is 12.7. The Kier molecular flexibility index (Phi) is 4.67. The molecule has 3 atom stereocenters. The average molecular weight is 323 g/mol. The van der Waals surface area contributed by atoms with E-state index >= 15 is 0 Å². The summed E-state index contributed by atoms with van der Waals surface area (Å²) in [4.78, 5) is 6.22. The highest BCUT2D eigenvalue weighted by atomic mass is 32.1. The third kappa shape index (κ3) is 3.62. The second kappa shape index (κ2) is 6.15. The van der Waals surface area contributed by atoms with E-state index in [0.717, 1.165) is 0 Å². The van der Waals surface area contributed by atoms with E-state index in [1.165, 1.54) is 0 Å². The number of nitrogens with zero attached hydrogens (tertiary/aromatic N) is 2. The number of aliphatic hydroxyl groups excluding tert-OH is 2. The SMILES string of the molecule is [C-]#[N+]c1sc(N[C@H]2CO[C@H](CO)[C@H](O)C2)nc1C(F)(F)F. The molecule has 0 aliphatic carbocycles. The number of anilines is 1. The van der Waals surface area contributed by atoms with Crippen molar-refractivity contribution in [1.29, 1.82) is 0 Å². The Morgan fingerprint density at radius 2 is 2.24 bits per heavy atom. The van der Waals surface area contributed by atoms with Crippen molar-refractivity contribution >= 4 is 21.5 Å². The zero-order valence-electron chi connectivity index (χ0n) is 10.6. The first kappa shape index (κ1) is 16.0. The van der Waals surface area contributed by atoms with Gasteiger partial charge in [0.15, 0.2) is 10.8 Å². The van der Waals surface area contributed by atoms with E-state index in [4.69, 9.17) is 16.4 Å². The molecule has 0 radical (unpaired) electrons. The molecule has 0 spiro atoms. The van der Waals surface area contributed by atoms with Crippen LogP contribution in [-0.4, -0.2) is 46.7 Å². The average Bonchev–Trinajstić information content (AvgIpc) is 2.82. The van der Waals surface area contributed by atoms with Crippen LogP contribution in [0.25, 0.3) is 4.85 Å². The minimum absolute atomic E-state index is 0.0448. The number of hydrogen-bond acceptors (Lipinski definition) is 6. The van der Waals surface area contributed by atoms with Crippen LogP contribution < -0.4 is 5.32 Å². The lowest BCUT2D eigenvalue weighted by Gasteiger charge is -2.32. The number of alkyl halides is 3. The Morgan fingerprint density at radius 3 is 2.71 bits per heavy atom. The number of hydrogen-bond donors (Lipinski definition) is 3. The van der Waals surface area contributed by atoms with Crippen LogP contribution in [0, 0.1) is 6.57 Å². The van der Waals surface area contributed by atoms with Crippen molar-refractivity contribution in [2.75, 3.05) is 18.5 Å². The minimum Gasteiger partial charge on any atom is -0.394 e. The lowest BCUT2D eigenvalue weighted by molar-refractivity contribution is -0.139. The maximum absolute atomic E-state index is 12.7. The first-order valence-corrected chi connectivity index (χ1v) is 6.79. The zero-order valence-corrected chi connectivity index (χ0v) is 11.4. The summed E-state index contributed by atoms with van der Waals surface area (Å²) >= 11 is 0.605. The van der Waals surface area contributed by atoms with E-state index in [2.05, 4.69) is 15.1 Å². The highest BCUT2D eigenvalue weighted by molar-refractivity contribution is 7.19. The van der Waals surface area contributed by atoms with Crippen LogP contribution in [0.5, 0.6) is 0 Å². The lowest BCUT2D eigenvalue weighted by Crippen LogP contribution is -2.45. The molecule has 6 nitrogen and oxygen atoms in total. The van der Waals surface area contributed by atoms with Gasteiger partial charge in [-0.3, -0.25) is 0 Å². The quantitative estimate of drug-likeness (QED) is 0.737. The number of ether oxygens (including phenoxy) is 1. The fraction of sp³-hybridized carbons (Fsp3) is 0.636. The van der Waals surface area contributed by atoms with Crippen LogP contribution in [0.1, 0.15) is 12.1 Å². The van der Waals surface area contributed by atoms with Gasteiger partial charge in [0.25, 0.3) is 5.00 Å². The topological polar surface area (TPSA) is 79.0 Å². The summed E-state index contributed by atoms with van der Waals surface area (Å²) in [6, 6.07) is -0.436. The predicted molar refractivity (Wildman–Crippen MR) is 68.2 cm³/mol. The van der Waals surface area contributed by atoms with Crippen molar-refractivity contribution in [2.45, 2.75) is 30.8 Å². The van der Waals surface area contributed by atoms with Gasteiger partial charge in [0.2, 0.25) is 0 Å². The number of rotatable bonds is 3. The standard InChI is InChI=1S/C11H12F3N3O3S/c1-15-9-8(11(12,13)14)17-10(21-9)16-5-2-6(19)7(3-18)20-4-5/h5-7,18-19H,2-4H2,(H,16,17)/t5-,6-,7-/m1/s1. The first-order chi connectivity index (χ1) is 9.85. The summed E-state index contributed by atoms with van der Waals surface area (Å²) in [7, 11) is 0. The van der Waals surface area contributed by atoms with Gasteiger partial charge in [-0.1, -0.05) is 0 Å². The van der Waals surface area contributed by atoms with Gasteiger partial charge < -0.3 is 20.3 Å². The van der Waals surface area contributed by atoms with Gasteiger partial charge >= 0.3 is 6.18 Å². The number of aromatic nitrogens is 1. The summed E-state index contributed by atoms with van der Waals surface area (Å²) in [5.74, 6) is 0. The number of nitrogens with one attached hydrogen (secondary N) is 1. The Bertz CT molecular complexity index is 543. The molecule has 2 rings (SSSR count). The van der Waals surface area contributed by atoms with Crippen molar-refractivity contribution in [3.05, 3.63) is 17.1 Å². The van der Waals surface area contributed by atoms with Crippen molar-refractivity contribution in [1.82, 2.24) is 4.98 Å². The van der Waals surface area contributed by atoms with Crippen LogP contribution in [0.2, 0.25) is 0 Å². The maximum Gasteiger partial charge on any atom is 0.424 e. The molecule has 1 aromatic heterocycles. The van der Waals surface area contributed by atoms with Crippen molar-refractivity contribution in [3.63, 3.8) is 0 Å². The Morgan fingerprint density at radius 1 is 1.52 bits per heavy atom. The first-order valence-electron chi connectivity index (χ1n) is 5.97.